The molecule has 0 saturated carbocycles. The molecule has 4 rings (SSSR count). The minimum absolute atomic E-state index is 0.353. The van der Waals surface area contributed by atoms with Gasteiger partial charge >= 0.3 is 0 Å². The molecule has 0 saturated heterocycles. The van der Waals surface area contributed by atoms with Gasteiger partial charge in [-0.05, 0) is 59.1 Å². The topological polar surface area (TPSA) is 89.9 Å². The molecule has 3 heterocycles. The molecule has 0 amide bonds. The van der Waals surface area contributed by atoms with Crippen LogP contribution in [0.4, 0.5) is 10.8 Å². The van der Waals surface area contributed by atoms with Crippen molar-refractivity contribution < 1.29 is 8.83 Å². The maximum absolute atomic E-state index is 5.62. The molecule has 7 nitrogen and oxygen atoms in total. The summed E-state index contributed by atoms with van der Waals surface area (Å²) in [6.07, 6.45) is 0. The van der Waals surface area contributed by atoms with Gasteiger partial charge in [0.15, 0.2) is 14.8 Å². The van der Waals surface area contributed by atoms with E-state index in [9.17, 15) is 0 Å². The van der Waals surface area contributed by atoms with Crippen molar-refractivity contribution in [3.63, 3.8) is 0 Å². The molecule has 27 heavy (non-hydrogen) atoms. The number of furan rings is 1. The highest BCUT2D eigenvalue weighted by atomic mass is 79.9. The van der Waals surface area contributed by atoms with Gasteiger partial charge in [-0.1, -0.05) is 35.2 Å². The Morgan fingerprint density at radius 3 is 2.78 bits per heavy atom. The summed E-state index contributed by atoms with van der Waals surface area (Å²) < 4.78 is 12.5. The molecule has 0 aliphatic carbocycles. The number of hydrogen-bond acceptors (Lipinski definition) is 9. The van der Waals surface area contributed by atoms with Crippen LogP contribution in [0.3, 0.4) is 0 Å². The maximum Gasteiger partial charge on any atom is 0.283 e. The van der Waals surface area contributed by atoms with Crippen molar-refractivity contribution in [2.24, 2.45) is 0 Å². The molecule has 138 valence electrons. The van der Waals surface area contributed by atoms with Gasteiger partial charge in [0.1, 0.15) is 0 Å². The smallest absolute Gasteiger partial charge is 0.283 e. The van der Waals surface area contributed by atoms with Crippen molar-refractivity contribution in [2.75, 3.05) is 5.32 Å². The van der Waals surface area contributed by atoms with E-state index in [1.54, 1.807) is 12.1 Å². The highest BCUT2D eigenvalue weighted by Gasteiger charge is 2.14. The van der Waals surface area contributed by atoms with Gasteiger partial charge in [0.25, 0.3) is 5.89 Å². The summed E-state index contributed by atoms with van der Waals surface area (Å²) in [6.45, 7) is 4.17. The zero-order chi connectivity index (χ0) is 18.8. The van der Waals surface area contributed by atoms with E-state index in [1.165, 1.54) is 34.2 Å². The van der Waals surface area contributed by atoms with E-state index in [4.69, 9.17) is 8.83 Å². The van der Waals surface area contributed by atoms with E-state index in [2.05, 4.69) is 61.6 Å². The maximum atomic E-state index is 5.62. The van der Waals surface area contributed by atoms with E-state index in [-0.39, 0.29) is 0 Å². The first-order valence-corrected chi connectivity index (χ1v) is 10.6. The van der Waals surface area contributed by atoms with E-state index in [0.29, 0.717) is 28.0 Å². The molecule has 10 heteroatoms. The molecule has 4 aromatic rings. The van der Waals surface area contributed by atoms with Gasteiger partial charge in [0.2, 0.25) is 11.0 Å². The number of aromatic nitrogens is 4. The summed E-state index contributed by atoms with van der Waals surface area (Å²) >= 11 is 6.23. The van der Waals surface area contributed by atoms with Gasteiger partial charge in [-0.3, -0.25) is 0 Å². The Bertz CT molecular complexity index is 1070. The lowest BCUT2D eigenvalue weighted by Gasteiger charge is -2.08. The molecule has 0 atom stereocenters. The lowest BCUT2D eigenvalue weighted by molar-refractivity contribution is 0.486. The molecule has 1 aromatic carbocycles. The van der Waals surface area contributed by atoms with Crippen molar-refractivity contribution >= 4 is 49.8 Å². The van der Waals surface area contributed by atoms with Crippen molar-refractivity contribution in [1.82, 2.24) is 20.4 Å². The second-order valence-electron chi connectivity index (χ2n) is 5.64. The molecule has 0 radical (unpaired) electrons. The standard InChI is InChI=1S/C17H14BrN5O2S2/c1-9-4-3-5-11(10(9)2)19-16-22-23-17(27-16)26-8-14-20-21-15(25-14)12-6-7-13(18)24-12/h3-7H,8H2,1-2H3,(H,19,22). The minimum atomic E-state index is 0.353. The summed E-state index contributed by atoms with van der Waals surface area (Å²) in [4.78, 5) is 0. The van der Waals surface area contributed by atoms with Gasteiger partial charge in [-0.25, -0.2) is 0 Å². The summed E-state index contributed by atoms with van der Waals surface area (Å²) in [6, 6.07) is 9.68. The van der Waals surface area contributed by atoms with E-state index < -0.39 is 0 Å². The molecule has 0 fully saturated rings. The second kappa shape index (κ2) is 7.83. The highest BCUT2D eigenvalue weighted by molar-refractivity contribution is 9.10. The first-order valence-electron chi connectivity index (χ1n) is 7.96. The average molecular weight is 464 g/mol. The quantitative estimate of drug-likeness (QED) is 0.369. The second-order valence-corrected chi connectivity index (χ2v) is 8.62. The fourth-order valence-corrected chi connectivity index (χ4v) is 4.19. The molecule has 1 N–H and O–H groups in total. The summed E-state index contributed by atoms with van der Waals surface area (Å²) in [5, 5.41) is 20.5. The Morgan fingerprint density at radius 2 is 1.96 bits per heavy atom. The van der Waals surface area contributed by atoms with Crippen LogP contribution in [-0.2, 0) is 5.75 Å². The van der Waals surface area contributed by atoms with E-state index in [1.807, 2.05) is 12.1 Å². The largest absolute Gasteiger partial charge is 0.444 e. The van der Waals surface area contributed by atoms with Gasteiger partial charge in [-0.2, -0.15) is 0 Å². The third kappa shape index (κ3) is 4.23. The Kier molecular flexibility index (Phi) is 5.28. The molecule has 0 aliphatic rings. The lowest BCUT2D eigenvalue weighted by Crippen LogP contribution is -1.94. The Labute approximate surface area is 171 Å². The number of nitrogens with one attached hydrogen (secondary N) is 1. The van der Waals surface area contributed by atoms with Gasteiger partial charge in [0, 0.05) is 5.69 Å². The molecular weight excluding hydrogens is 450 g/mol. The van der Waals surface area contributed by atoms with Crippen molar-refractivity contribution in [3.8, 4) is 11.7 Å². The third-order valence-electron chi connectivity index (χ3n) is 3.82. The molecule has 0 aliphatic heterocycles. The SMILES string of the molecule is Cc1cccc(Nc2nnc(SCc3nnc(-c4ccc(Br)o4)o3)s2)c1C. The van der Waals surface area contributed by atoms with Crippen LogP contribution in [0.25, 0.3) is 11.7 Å². The van der Waals surface area contributed by atoms with Crippen molar-refractivity contribution in [3.05, 3.63) is 52.0 Å². The lowest BCUT2D eigenvalue weighted by atomic mass is 10.1. The van der Waals surface area contributed by atoms with Crippen LogP contribution in [0.1, 0.15) is 17.0 Å². The zero-order valence-electron chi connectivity index (χ0n) is 14.4. The number of aryl methyl sites for hydroxylation is 1. The highest BCUT2D eigenvalue weighted by Crippen LogP contribution is 2.31. The Hall–Kier alpha value is -2.17. The number of anilines is 2. The first-order chi connectivity index (χ1) is 13.1. The molecule has 0 bridgehead atoms. The van der Waals surface area contributed by atoms with Crippen LogP contribution in [0.2, 0.25) is 0 Å². The summed E-state index contributed by atoms with van der Waals surface area (Å²) in [5.41, 5.74) is 3.47. The normalized spacial score (nSPS) is 11.1. The van der Waals surface area contributed by atoms with Crippen LogP contribution < -0.4 is 5.32 Å². The van der Waals surface area contributed by atoms with Gasteiger partial charge in [-0.15, -0.1) is 20.4 Å². The molecular formula is C17H14BrN5O2S2. The Balaban J connectivity index is 1.38. The fraction of sp³-hybridized carbons (Fsp3) is 0.176. The van der Waals surface area contributed by atoms with Crippen LogP contribution in [0.15, 0.2) is 48.2 Å². The van der Waals surface area contributed by atoms with Crippen LogP contribution in [0.5, 0.6) is 0 Å². The molecule has 0 spiro atoms. The van der Waals surface area contributed by atoms with Crippen molar-refractivity contribution in [2.45, 2.75) is 23.9 Å². The molecule has 0 unspecified atom stereocenters. The number of nitrogens with zero attached hydrogens (tertiary/aromatic N) is 4. The number of thioether (sulfide) groups is 1. The average Bonchev–Trinajstić information content (AvgIpc) is 3.38. The van der Waals surface area contributed by atoms with Gasteiger partial charge < -0.3 is 14.2 Å². The number of hydrogen-bond donors (Lipinski definition) is 1. The van der Waals surface area contributed by atoms with Crippen LogP contribution >= 0.6 is 39.0 Å². The van der Waals surface area contributed by atoms with Crippen molar-refractivity contribution in [1.29, 1.82) is 0 Å². The van der Waals surface area contributed by atoms with E-state index >= 15 is 0 Å². The summed E-state index contributed by atoms with van der Waals surface area (Å²) in [7, 11) is 0. The number of rotatable bonds is 6. The Morgan fingerprint density at radius 1 is 1.07 bits per heavy atom. The monoisotopic (exact) mass is 463 g/mol. The predicted molar refractivity (Wildman–Crippen MR) is 108 cm³/mol. The minimum Gasteiger partial charge on any atom is -0.444 e. The number of halogens is 1. The fourth-order valence-electron chi connectivity index (χ4n) is 2.28. The van der Waals surface area contributed by atoms with Crippen LogP contribution in [0, 0.1) is 13.8 Å². The first kappa shape index (κ1) is 18.2. The molecule has 3 aromatic heterocycles. The van der Waals surface area contributed by atoms with Gasteiger partial charge in [0.05, 0.1) is 5.75 Å². The third-order valence-corrected chi connectivity index (χ3v) is 6.21. The summed E-state index contributed by atoms with van der Waals surface area (Å²) in [5.74, 6) is 1.89. The predicted octanol–water partition coefficient (Wildman–Crippen LogP) is 5.60. The van der Waals surface area contributed by atoms with Crippen LogP contribution in [-0.4, -0.2) is 20.4 Å². The zero-order valence-corrected chi connectivity index (χ0v) is 17.6. The van der Waals surface area contributed by atoms with E-state index in [0.717, 1.165) is 15.2 Å². The number of benzene rings is 1.